The SMILES string of the molecule is CCCSc1nc2sc3c(c2c(=S)[nH]1)CC(C)(C)OC3. The fourth-order valence-corrected chi connectivity index (χ4v) is 4.74. The molecular formula is C14H18N2OS3. The zero-order valence-corrected chi connectivity index (χ0v) is 14.4. The van der Waals surface area contributed by atoms with Crippen LogP contribution in [0.5, 0.6) is 0 Å². The Morgan fingerprint density at radius 1 is 1.50 bits per heavy atom. The van der Waals surface area contributed by atoms with E-state index in [1.165, 1.54) is 10.4 Å². The first-order chi connectivity index (χ1) is 9.50. The largest absolute Gasteiger partial charge is 0.370 e. The highest BCUT2D eigenvalue weighted by atomic mass is 32.2. The lowest BCUT2D eigenvalue weighted by Crippen LogP contribution is -2.30. The fraction of sp³-hybridized carbons (Fsp3) is 0.571. The van der Waals surface area contributed by atoms with Crippen molar-refractivity contribution in [2.75, 3.05) is 5.75 Å². The number of fused-ring (bicyclic) bond motifs is 3. The van der Waals surface area contributed by atoms with Gasteiger partial charge >= 0.3 is 0 Å². The Kier molecular flexibility index (Phi) is 3.92. The summed E-state index contributed by atoms with van der Waals surface area (Å²) in [6, 6.07) is 0. The van der Waals surface area contributed by atoms with Crippen molar-refractivity contribution < 1.29 is 4.74 Å². The van der Waals surface area contributed by atoms with E-state index in [9.17, 15) is 0 Å². The van der Waals surface area contributed by atoms with Gasteiger partial charge in [0.1, 0.15) is 9.47 Å². The lowest BCUT2D eigenvalue weighted by atomic mass is 9.95. The second-order valence-corrected chi connectivity index (χ2v) is 8.20. The smallest absolute Gasteiger partial charge is 0.167 e. The number of thiophene rings is 1. The predicted molar refractivity (Wildman–Crippen MR) is 88.4 cm³/mol. The molecule has 3 nitrogen and oxygen atoms in total. The lowest BCUT2D eigenvalue weighted by Gasteiger charge is -2.30. The Morgan fingerprint density at radius 3 is 3.05 bits per heavy atom. The Balaban J connectivity index is 2.10. The second kappa shape index (κ2) is 5.40. The van der Waals surface area contributed by atoms with Gasteiger partial charge in [-0.2, -0.15) is 0 Å². The number of H-pyrrole nitrogens is 1. The standard InChI is InChI=1S/C14H18N2OS3/c1-4-5-19-13-15-11(18)10-8-6-14(2,3)17-7-9(8)20-12(10)16-13/h4-7H2,1-3H3,(H,15,16,18). The van der Waals surface area contributed by atoms with Crippen LogP contribution in [0, 0.1) is 4.64 Å². The minimum atomic E-state index is -0.113. The molecule has 0 unspecified atom stereocenters. The van der Waals surface area contributed by atoms with Crippen molar-refractivity contribution >= 4 is 45.5 Å². The number of hydrogen-bond acceptors (Lipinski definition) is 5. The molecule has 6 heteroatoms. The summed E-state index contributed by atoms with van der Waals surface area (Å²) in [7, 11) is 0. The highest BCUT2D eigenvalue weighted by Crippen LogP contribution is 2.38. The molecule has 0 saturated carbocycles. The van der Waals surface area contributed by atoms with Crippen LogP contribution < -0.4 is 0 Å². The third kappa shape index (κ3) is 2.66. The zero-order chi connectivity index (χ0) is 14.3. The van der Waals surface area contributed by atoms with Crippen LogP contribution in [-0.2, 0) is 17.8 Å². The fourth-order valence-electron chi connectivity index (χ4n) is 2.40. The van der Waals surface area contributed by atoms with Crippen molar-refractivity contribution in [2.24, 2.45) is 0 Å². The van der Waals surface area contributed by atoms with Crippen molar-refractivity contribution in [1.29, 1.82) is 0 Å². The summed E-state index contributed by atoms with van der Waals surface area (Å²) in [6.45, 7) is 7.11. The maximum absolute atomic E-state index is 5.89. The molecule has 0 spiro atoms. The van der Waals surface area contributed by atoms with Gasteiger partial charge in [-0.15, -0.1) is 11.3 Å². The van der Waals surface area contributed by atoms with Crippen molar-refractivity contribution in [1.82, 2.24) is 9.97 Å². The molecule has 0 saturated heterocycles. The van der Waals surface area contributed by atoms with Gasteiger partial charge in [0, 0.05) is 22.4 Å². The van der Waals surface area contributed by atoms with E-state index in [1.54, 1.807) is 23.1 Å². The summed E-state index contributed by atoms with van der Waals surface area (Å²) in [6.07, 6.45) is 2.04. The summed E-state index contributed by atoms with van der Waals surface area (Å²) in [5.74, 6) is 1.06. The van der Waals surface area contributed by atoms with Crippen LogP contribution in [0.15, 0.2) is 5.16 Å². The molecule has 0 bridgehead atoms. The number of nitrogens with zero attached hydrogens (tertiary/aromatic N) is 1. The molecule has 0 aliphatic carbocycles. The van der Waals surface area contributed by atoms with Crippen molar-refractivity contribution in [3.63, 3.8) is 0 Å². The Bertz CT molecular complexity index is 702. The van der Waals surface area contributed by atoms with E-state index in [1.807, 2.05) is 0 Å². The number of aromatic amines is 1. The summed E-state index contributed by atoms with van der Waals surface area (Å²) in [5, 5.41) is 2.07. The molecule has 1 aliphatic rings. The van der Waals surface area contributed by atoms with Gasteiger partial charge in [-0.3, -0.25) is 0 Å². The molecule has 1 aliphatic heterocycles. The molecule has 0 aromatic carbocycles. The number of thioether (sulfide) groups is 1. The molecule has 1 N–H and O–H groups in total. The van der Waals surface area contributed by atoms with Crippen LogP contribution >= 0.6 is 35.3 Å². The predicted octanol–water partition coefficient (Wildman–Crippen LogP) is 4.71. The molecule has 0 radical (unpaired) electrons. The van der Waals surface area contributed by atoms with E-state index in [2.05, 4.69) is 25.8 Å². The van der Waals surface area contributed by atoms with E-state index in [-0.39, 0.29) is 5.60 Å². The average molecular weight is 327 g/mol. The first-order valence-electron chi connectivity index (χ1n) is 6.81. The van der Waals surface area contributed by atoms with Crippen LogP contribution in [0.3, 0.4) is 0 Å². The van der Waals surface area contributed by atoms with Crippen LogP contribution in [0.1, 0.15) is 37.6 Å². The van der Waals surface area contributed by atoms with E-state index in [0.717, 1.165) is 38.6 Å². The molecule has 2 aromatic heterocycles. The Hall–Kier alpha value is -0.430. The average Bonchev–Trinajstić information content (AvgIpc) is 2.73. The highest BCUT2D eigenvalue weighted by Gasteiger charge is 2.30. The second-order valence-electron chi connectivity index (χ2n) is 5.63. The van der Waals surface area contributed by atoms with Crippen LogP contribution in [-0.4, -0.2) is 21.3 Å². The summed E-state index contributed by atoms with van der Waals surface area (Å²) in [5.41, 5.74) is 1.22. The first kappa shape index (κ1) is 14.5. The molecule has 0 amide bonds. The maximum atomic E-state index is 5.89. The van der Waals surface area contributed by atoms with Gasteiger partial charge in [0.2, 0.25) is 0 Å². The zero-order valence-electron chi connectivity index (χ0n) is 11.9. The third-order valence-electron chi connectivity index (χ3n) is 3.36. The third-order valence-corrected chi connectivity index (χ3v) is 5.85. The van der Waals surface area contributed by atoms with Crippen molar-refractivity contribution in [3.05, 3.63) is 15.1 Å². The van der Waals surface area contributed by atoms with E-state index in [0.29, 0.717) is 6.61 Å². The van der Waals surface area contributed by atoms with Crippen LogP contribution in [0.2, 0.25) is 0 Å². The lowest BCUT2D eigenvalue weighted by molar-refractivity contribution is -0.0379. The van der Waals surface area contributed by atoms with Gasteiger partial charge in [-0.1, -0.05) is 30.9 Å². The highest BCUT2D eigenvalue weighted by molar-refractivity contribution is 7.99. The molecule has 20 heavy (non-hydrogen) atoms. The number of aromatic nitrogens is 2. The molecule has 2 aromatic rings. The first-order valence-corrected chi connectivity index (χ1v) is 9.02. The van der Waals surface area contributed by atoms with E-state index < -0.39 is 0 Å². The Morgan fingerprint density at radius 2 is 2.30 bits per heavy atom. The monoisotopic (exact) mass is 326 g/mol. The minimum Gasteiger partial charge on any atom is -0.370 e. The van der Waals surface area contributed by atoms with E-state index in [4.69, 9.17) is 21.9 Å². The van der Waals surface area contributed by atoms with Crippen LogP contribution in [0.25, 0.3) is 10.2 Å². The van der Waals surface area contributed by atoms with Gasteiger partial charge in [-0.25, -0.2) is 4.98 Å². The number of rotatable bonds is 3. The van der Waals surface area contributed by atoms with Gasteiger partial charge in [0.05, 0.1) is 12.2 Å². The quantitative estimate of drug-likeness (QED) is 0.504. The molecule has 108 valence electrons. The maximum Gasteiger partial charge on any atom is 0.167 e. The summed E-state index contributed by atoms with van der Waals surface area (Å²) < 4.78 is 6.71. The topological polar surface area (TPSA) is 37.9 Å². The van der Waals surface area contributed by atoms with Gasteiger partial charge < -0.3 is 9.72 Å². The number of nitrogens with one attached hydrogen (secondary N) is 1. The van der Waals surface area contributed by atoms with Crippen LogP contribution in [0.4, 0.5) is 0 Å². The molecule has 0 fully saturated rings. The van der Waals surface area contributed by atoms with Crippen molar-refractivity contribution in [2.45, 2.75) is 51.0 Å². The van der Waals surface area contributed by atoms with Gasteiger partial charge in [0.15, 0.2) is 5.16 Å². The number of hydrogen-bond donors (Lipinski definition) is 1. The molecule has 3 heterocycles. The Labute approximate surface area is 132 Å². The number of ether oxygens (including phenoxy) is 1. The van der Waals surface area contributed by atoms with Crippen molar-refractivity contribution in [3.8, 4) is 0 Å². The minimum absolute atomic E-state index is 0.113. The molecule has 0 atom stereocenters. The molecule has 3 rings (SSSR count). The van der Waals surface area contributed by atoms with Gasteiger partial charge in [0.25, 0.3) is 0 Å². The van der Waals surface area contributed by atoms with E-state index >= 15 is 0 Å². The van der Waals surface area contributed by atoms with Gasteiger partial charge in [-0.05, 0) is 25.8 Å². The summed E-state index contributed by atoms with van der Waals surface area (Å²) >= 11 is 9.03. The molecular weight excluding hydrogens is 308 g/mol. The normalized spacial score (nSPS) is 17.4. The summed E-state index contributed by atoms with van der Waals surface area (Å²) in [4.78, 5) is 10.3.